The van der Waals surface area contributed by atoms with Gasteiger partial charge in [0.15, 0.2) is 11.5 Å². The van der Waals surface area contributed by atoms with Crippen LogP contribution in [0.3, 0.4) is 0 Å². The molecule has 2 aromatic carbocycles. The molecule has 0 radical (unpaired) electrons. The molecule has 0 aliphatic carbocycles. The van der Waals surface area contributed by atoms with E-state index in [4.69, 9.17) is 9.47 Å². The molecule has 26 heavy (non-hydrogen) atoms. The molecular formula is C21H29BrClNO2. The smallest absolute Gasteiger partial charge is 0.175 e. The second-order valence-corrected chi connectivity index (χ2v) is 7.60. The van der Waals surface area contributed by atoms with Crippen LogP contribution in [0.1, 0.15) is 37.0 Å². The van der Waals surface area contributed by atoms with Gasteiger partial charge < -0.3 is 14.8 Å². The molecule has 0 saturated heterocycles. The molecule has 0 aliphatic rings. The number of rotatable bonds is 9. The summed E-state index contributed by atoms with van der Waals surface area (Å²) in [6.07, 6.45) is 1.18. The number of methoxy groups -OCH3 is 1. The first-order chi connectivity index (χ1) is 12.0. The molecule has 0 aromatic heterocycles. The van der Waals surface area contributed by atoms with Crippen molar-refractivity contribution in [2.24, 2.45) is 5.92 Å². The second kappa shape index (κ2) is 11.5. The monoisotopic (exact) mass is 441 g/mol. The number of benzene rings is 2. The molecule has 5 heteroatoms. The lowest BCUT2D eigenvalue weighted by atomic mass is 10.1. The van der Waals surface area contributed by atoms with Gasteiger partial charge >= 0.3 is 0 Å². The molecule has 0 fully saturated rings. The van der Waals surface area contributed by atoms with Crippen LogP contribution >= 0.6 is 28.3 Å². The Bertz CT molecular complexity index is 674. The Kier molecular flexibility index (Phi) is 10.1. The molecule has 2 rings (SSSR count). The second-order valence-electron chi connectivity index (χ2n) is 6.74. The van der Waals surface area contributed by atoms with Gasteiger partial charge in [0.05, 0.1) is 11.6 Å². The highest BCUT2D eigenvalue weighted by molar-refractivity contribution is 9.10. The zero-order chi connectivity index (χ0) is 18.2. The number of aryl methyl sites for hydroxylation is 1. The van der Waals surface area contributed by atoms with Crippen molar-refractivity contribution in [1.29, 1.82) is 0 Å². The Balaban J connectivity index is 0.00000338. The van der Waals surface area contributed by atoms with Crippen molar-refractivity contribution in [3.05, 3.63) is 57.6 Å². The zero-order valence-electron chi connectivity index (χ0n) is 16.0. The van der Waals surface area contributed by atoms with Crippen LogP contribution in [-0.4, -0.2) is 13.7 Å². The summed E-state index contributed by atoms with van der Waals surface area (Å²) in [7, 11) is 1.68. The van der Waals surface area contributed by atoms with E-state index in [0.29, 0.717) is 12.5 Å². The molecule has 0 spiro atoms. The van der Waals surface area contributed by atoms with E-state index in [-0.39, 0.29) is 12.4 Å². The first kappa shape index (κ1) is 22.8. The summed E-state index contributed by atoms with van der Waals surface area (Å²) in [5.74, 6) is 2.21. The third-order valence-corrected chi connectivity index (χ3v) is 4.61. The van der Waals surface area contributed by atoms with Gasteiger partial charge in [-0.3, -0.25) is 0 Å². The summed E-state index contributed by atoms with van der Waals surface area (Å²) >= 11 is 3.62. The predicted octanol–water partition coefficient (Wildman–Crippen LogP) is 5.90. The SMILES string of the molecule is COc1cc(CNCCC(C)C)cc(Br)c1OCc1ccc(C)cc1.Cl. The van der Waals surface area contributed by atoms with E-state index in [1.165, 1.54) is 17.5 Å². The molecule has 0 unspecified atom stereocenters. The van der Waals surface area contributed by atoms with E-state index >= 15 is 0 Å². The van der Waals surface area contributed by atoms with Crippen molar-refractivity contribution in [2.45, 2.75) is 40.3 Å². The summed E-state index contributed by atoms with van der Waals surface area (Å²) in [4.78, 5) is 0. The molecule has 2 aromatic rings. The fourth-order valence-corrected chi connectivity index (χ4v) is 3.08. The number of hydrogen-bond donors (Lipinski definition) is 1. The van der Waals surface area contributed by atoms with E-state index in [1.807, 2.05) is 6.07 Å². The summed E-state index contributed by atoms with van der Waals surface area (Å²) in [6.45, 7) is 8.91. The summed E-state index contributed by atoms with van der Waals surface area (Å²) < 4.78 is 12.5. The van der Waals surface area contributed by atoms with Crippen LogP contribution < -0.4 is 14.8 Å². The zero-order valence-corrected chi connectivity index (χ0v) is 18.4. The first-order valence-electron chi connectivity index (χ1n) is 8.75. The summed E-state index contributed by atoms with van der Waals surface area (Å²) in [5, 5.41) is 3.48. The lowest BCUT2D eigenvalue weighted by molar-refractivity contribution is 0.282. The van der Waals surface area contributed by atoms with Crippen LogP contribution in [0.25, 0.3) is 0 Å². The van der Waals surface area contributed by atoms with Gasteiger partial charge in [-0.25, -0.2) is 0 Å². The van der Waals surface area contributed by atoms with Crippen LogP contribution in [0.5, 0.6) is 11.5 Å². The average Bonchev–Trinajstić information content (AvgIpc) is 2.58. The lowest BCUT2D eigenvalue weighted by Gasteiger charge is -2.15. The molecule has 1 N–H and O–H groups in total. The molecule has 0 amide bonds. The van der Waals surface area contributed by atoms with Gasteiger partial charge in [-0.2, -0.15) is 0 Å². The quantitative estimate of drug-likeness (QED) is 0.490. The highest BCUT2D eigenvalue weighted by Gasteiger charge is 2.12. The standard InChI is InChI=1S/C21H28BrNO2.ClH/c1-15(2)9-10-23-13-18-11-19(22)21(20(12-18)24-4)25-14-17-7-5-16(3)6-8-17;/h5-8,11-12,15,23H,9-10,13-14H2,1-4H3;1H. The highest BCUT2D eigenvalue weighted by Crippen LogP contribution is 2.37. The van der Waals surface area contributed by atoms with E-state index in [1.54, 1.807) is 7.11 Å². The molecule has 0 atom stereocenters. The maximum atomic E-state index is 6.00. The molecule has 0 heterocycles. The summed E-state index contributed by atoms with van der Waals surface area (Å²) in [5.41, 5.74) is 3.56. The van der Waals surface area contributed by atoms with E-state index in [0.717, 1.165) is 34.6 Å². The number of hydrogen-bond acceptors (Lipinski definition) is 3. The average molecular weight is 443 g/mol. The number of nitrogens with one attached hydrogen (secondary N) is 1. The Morgan fingerprint density at radius 2 is 1.77 bits per heavy atom. The topological polar surface area (TPSA) is 30.5 Å². The molecule has 144 valence electrons. The van der Waals surface area contributed by atoms with Gasteiger partial charge in [0, 0.05) is 6.54 Å². The molecular weight excluding hydrogens is 414 g/mol. The van der Waals surface area contributed by atoms with Crippen molar-refractivity contribution in [3.8, 4) is 11.5 Å². The largest absolute Gasteiger partial charge is 0.493 e. The van der Waals surface area contributed by atoms with Crippen LogP contribution in [-0.2, 0) is 13.2 Å². The normalized spacial score (nSPS) is 10.5. The summed E-state index contributed by atoms with van der Waals surface area (Å²) in [6, 6.07) is 12.5. The van der Waals surface area contributed by atoms with Crippen LogP contribution in [0.4, 0.5) is 0 Å². The Labute approximate surface area is 172 Å². The first-order valence-corrected chi connectivity index (χ1v) is 9.54. The van der Waals surface area contributed by atoms with Crippen molar-refractivity contribution >= 4 is 28.3 Å². The molecule has 3 nitrogen and oxygen atoms in total. The van der Waals surface area contributed by atoms with Gasteiger partial charge in [-0.05, 0) is 65.0 Å². The van der Waals surface area contributed by atoms with Crippen molar-refractivity contribution in [1.82, 2.24) is 5.32 Å². The number of halogens is 2. The van der Waals surface area contributed by atoms with Gasteiger partial charge in [0.2, 0.25) is 0 Å². The van der Waals surface area contributed by atoms with Crippen LogP contribution in [0, 0.1) is 12.8 Å². The van der Waals surface area contributed by atoms with E-state index in [2.05, 4.69) is 72.3 Å². The van der Waals surface area contributed by atoms with Gasteiger partial charge in [-0.15, -0.1) is 12.4 Å². The van der Waals surface area contributed by atoms with E-state index in [9.17, 15) is 0 Å². The maximum Gasteiger partial charge on any atom is 0.175 e. The van der Waals surface area contributed by atoms with Crippen molar-refractivity contribution in [2.75, 3.05) is 13.7 Å². The number of ether oxygens (including phenoxy) is 2. The molecule has 0 saturated carbocycles. The van der Waals surface area contributed by atoms with Crippen LogP contribution in [0.2, 0.25) is 0 Å². The minimum atomic E-state index is 0. The maximum absolute atomic E-state index is 6.00. The minimum Gasteiger partial charge on any atom is -0.493 e. The van der Waals surface area contributed by atoms with Gasteiger partial charge in [0.1, 0.15) is 6.61 Å². The van der Waals surface area contributed by atoms with Crippen molar-refractivity contribution in [3.63, 3.8) is 0 Å². The predicted molar refractivity (Wildman–Crippen MR) is 115 cm³/mol. The minimum absolute atomic E-state index is 0. The third-order valence-electron chi connectivity index (χ3n) is 4.02. The fourth-order valence-electron chi connectivity index (χ4n) is 2.48. The Hall–Kier alpha value is -1.23. The van der Waals surface area contributed by atoms with Crippen molar-refractivity contribution < 1.29 is 9.47 Å². The molecule has 0 bridgehead atoms. The Morgan fingerprint density at radius 3 is 2.38 bits per heavy atom. The van der Waals surface area contributed by atoms with Gasteiger partial charge in [0.25, 0.3) is 0 Å². The third kappa shape index (κ3) is 7.18. The highest BCUT2D eigenvalue weighted by atomic mass is 79.9. The van der Waals surface area contributed by atoms with E-state index < -0.39 is 0 Å². The van der Waals surface area contributed by atoms with Gasteiger partial charge in [-0.1, -0.05) is 43.7 Å². The lowest BCUT2D eigenvalue weighted by Crippen LogP contribution is -2.16. The fraction of sp³-hybridized carbons (Fsp3) is 0.429. The Morgan fingerprint density at radius 1 is 1.08 bits per heavy atom. The molecule has 0 aliphatic heterocycles. The van der Waals surface area contributed by atoms with Crippen LogP contribution in [0.15, 0.2) is 40.9 Å².